The number of hydrogen-bond donors (Lipinski definition) is 0. The van der Waals surface area contributed by atoms with Gasteiger partial charge in [0, 0.05) is 6.54 Å². The van der Waals surface area contributed by atoms with Crippen molar-refractivity contribution in [1.29, 1.82) is 0 Å². The van der Waals surface area contributed by atoms with E-state index in [2.05, 4.69) is 5.10 Å². The fourth-order valence-corrected chi connectivity index (χ4v) is 1.60. The van der Waals surface area contributed by atoms with Crippen LogP contribution in [-0.4, -0.2) is 15.6 Å². The van der Waals surface area contributed by atoms with Crippen LogP contribution in [0.3, 0.4) is 0 Å². The van der Waals surface area contributed by atoms with Crippen LogP contribution in [0.5, 0.6) is 0 Å². The van der Waals surface area contributed by atoms with E-state index in [1.54, 1.807) is 16.8 Å². The number of carbonyl (C=O) groups is 1. The zero-order chi connectivity index (χ0) is 11.5. The first-order valence-electron chi connectivity index (χ1n) is 5.41. The maximum Gasteiger partial charge on any atom is 0.246 e. The van der Waals surface area contributed by atoms with Crippen molar-refractivity contribution in [2.75, 3.05) is 0 Å². The van der Waals surface area contributed by atoms with Gasteiger partial charge in [0.05, 0.1) is 12.0 Å². The minimum atomic E-state index is -0.112. The van der Waals surface area contributed by atoms with Crippen molar-refractivity contribution >= 4 is 5.78 Å². The van der Waals surface area contributed by atoms with E-state index in [4.69, 9.17) is 4.42 Å². The molecular weight excluding hydrogens is 204 g/mol. The highest BCUT2D eigenvalue weighted by Crippen LogP contribution is 2.12. The second kappa shape index (κ2) is 4.35. The molecule has 0 atom stereocenters. The van der Waals surface area contributed by atoms with Crippen molar-refractivity contribution in [3.63, 3.8) is 0 Å². The number of carbonyl (C=O) groups excluding carboxylic acids is 1. The topological polar surface area (TPSA) is 48.0 Å². The second-order valence-electron chi connectivity index (χ2n) is 3.50. The van der Waals surface area contributed by atoms with Crippen LogP contribution < -0.4 is 0 Å². The maximum absolute atomic E-state index is 12.1. The monoisotopic (exact) mass is 218 g/mol. The third-order valence-electron chi connectivity index (χ3n) is 2.47. The van der Waals surface area contributed by atoms with Gasteiger partial charge in [0.15, 0.2) is 5.76 Å². The molecule has 0 saturated carbocycles. The summed E-state index contributed by atoms with van der Waals surface area (Å²) in [4.78, 5) is 12.1. The van der Waals surface area contributed by atoms with Crippen LogP contribution in [0.25, 0.3) is 0 Å². The van der Waals surface area contributed by atoms with Gasteiger partial charge >= 0.3 is 0 Å². The number of aromatic nitrogens is 2. The van der Waals surface area contributed by atoms with E-state index in [1.807, 2.05) is 19.9 Å². The van der Waals surface area contributed by atoms with Crippen LogP contribution >= 0.6 is 0 Å². The largest absolute Gasteiger partial charge is 0.461 e. The van der Waals surface area contributed by atoms with Crippen molar-refractivity contribution in [3.05, 3.63) is 41.6 Å². The molecule has 2 heterocycles. The standard InChI is InChI=1S/C12H14N2O2/c1-3-9-8-10(14(4-2)13-9)12(15)11-6-5-7-16-11/h5-8H,3-4H2,1-2H3. The van der Waals surface area contributed by atoms with Crippen LogP contribution in [0.1, 0.15) is 35.8 Å². The van der Waals surface area contributed by atoms with Gasteiger partial charge in [-0.1, -0.05) is 6.92 Å². The number of aryl methyl sites for hydroxylation is 2. The van der Waals surface area contributed by atoms with Crippen molar-refractivity contribution in [1.82, 2.24) is 9.78 Å². The Bertz CT molecular complexity index is 483. The van der Waals surface area contributed by atoms with Crippen LogP contribution in [0.2, 0.25) is 0 Å². The van der Waals surface area contributed by atoms with Crippen LogP contribution in [0.4, 0.5) is 0 Å². The minimum absolute atomic E-state index is 0.112. The molecule has 0 amide bonds. The lowest BCUT2D eigenvalue weighted by Crippen LogP contribution is -2.09. The fourth-order valence-electron chi connectivity index (χ4n) is 1.60. The summed E-state index contributed by atoms with van der Waals surface area (Å²) in [5.74, 6) is 0.247. The van der Waals surface area contributed by atoms with Gasteiger partial charge in [-0.15, -0.1) is 0 Å². The Morgan fingerprint density at radius 3 is 2.88 bits per heavy atom. The Balaban J connectivity index is 2.39. The molecule has 0 aliphatic carbocycles. The molecule has 2 aromatic rings. The molecule has 0 aliphatic heterocycles. The van der Waals surface area contributed by atoms with Gasteiger partial charge in [0.25, 0.3) is 0 Å². The molecule has 0 N–H and O–H groups in total. The van der Waals surface area contributed by atoms with E-state index in [0.29, 0.717) is 18.0 Å². The summed E-state index contributed by atoms with van der Waals surface area (Å²) in [5.41, 5.74) is 1.52. The average Bonchev–Trinajstić information content (AvgIpc) is 2.96. The Morgan fingerprint density at radius 1 is 1.50 bits per heavy atom. The molecular formula is C12H14N2O2. The van der Waals surface area contributed by atoms with E-state index < -0.39 is 0 Å². The molecule has 0 fully saturated rings. The third-order valence-corrected chi connectivity index (χ3v) is 2.47. The summed E-state index contributed by atoms with van der Waals surface area (Å²) in [5, 5.41) is 4.33. The van der Waals surface area contributed by atoms with Crippen molar-refractivity contribution in [3.8, 4) is 0 Å². The van der Waals surface area contributed by atoms with Crippen molar-refractivity contribution in [2.45, 2.75) is 26.8 Å². The van der Waals surface area contributed by atoms with Crippen LogP contribution in [0.15, 0.2) is 28.9 Å². The highest BCUT2D eigenvalue weighted by Gasteiger charge is 2.17. The number of furan rings is 1. The van der Waals surface area contributed by atoms with E-state index >= 15 is 0 Å². The molecule has 0 bridgehead atoms. The molecule has 0 unspecified atom stereocenters. The van der Waals surface area contributed by atoms with E-state index in [-0.39, 0.29) is 5.78 Å². The molecule has 0 aliphatic rings. The Morgan fingerprint density at radius 2 is 2.31 bits per heavy atom. The minimum Gasteiger partial charge on any atom is -0.461 e. The second-order valence-corrected chi connectivity index (χ2v) is 3.50. The maximum atomic E-state index is 12.1. The first-order chi connectivity index (χ1) is 7.76. The van der Waals surface area contributed by atoms with Crippen molar-refractivity contribution < 1.29 is 9.21 Å². The zero-order valence-corrected chi connectivity index (χ0v) is 9.43. The fraction of sp³-hybridized carbons (Fsp3) is 0.333. The number of rotatable bonds is 4. The summed E-state index contributed by atoms with van der Waals surface area (Å²) in [7, 11) is 0. The summed E-state index contributed by atoms with van der Waals surface area (Å²) in [6, 6.07) is 5.20. The average molecular weight is 218 g/mol. The predicted octanol–water partition coefficient (Wildman–Crippen LogP) is 2.29. The normalized spacial score (nSPS) is 10.6. The molecule has 2 aromatic heterocycles. The van der Waals surface area contributed by atoms with Gasteiger partial charge in [0.2, 0.25) is 5.78 Å². The van der Waals surface area contributed by atoms with E-state index in [1.165, 1.54) is 6.26 Å². The molecule has 0 aromatic carbocycles. The van der Waals surface area contributed by atoms with Crippen LogP contribution in [-0.2, 0) is 13.0 Å². The summed E-state index contributed by atoms with van der Waals surface area (Å²) in [6.45, 7) is 4.66. The zero-order valence-electron chi connectivity index (χ0n) is 9.43. The Hall–Kier alpha value is -1.84. The van der Waals surface area contributed by atoms with Crippen molar-refractivity contribution in [2.24, 2.45) is 0 Å². The third kappa shape index (κ3) is 1.78. The van der Waals surface area contributed by atoms with Gasteiger partial charge in [-0.2, -0.15) is 5.10 Å². The number of hydrogen-bond acceptors (Lipinski definition) is 3. The summed E-state index contributed by atoms with van der Waals surface area (Å²) < 4.78 is 6.81. The highest BCUT2D eigenvalue weighted by molar-refractivity contribution is 6.05. The van der Waals surface area contributed by atoms with Gasteiger partial charge < -0.3 is 4.42 Å². The molecule has 0 spiro atoms. The number of nitrogens with zero attached hydrogens (tertiary/aromatic N) is 2. The van der Waals surface area contributed by atoms with Gasteiger partial charge in [-0.05, 0) is 31.5 Å². The predicted molar refractivity (Wildman–Crippen MR) is 59.4 cm³/mol. The first-order valence-corrected chi connectivity index (χ1v) is 5.41. The lowest BCUT2D eigenvalue weighted by molar-refractivity contribution is 0.0999. The Labute approximate surface area is 93.9 Å². The molecule has 84 valence electrons. The molecule has 16 heavy (non-hydrogen) atoms. The highest BCUT2D eigenvalue weighted by atomic mass is 16.3. The van der Waals surface area contributed by atoms with Gasteiger partial charge in [-0.25, -0.2) is 0 Å². The summed E-state index contributed by atoms with van der Waals surface area (Å²) >= 11 is 0. The molecule has 0 saturated heterocycles. The number of ketones is 1. The lowest BCUT2D eigenvalue weighted by atomic mass is 10.2. The lowest BCUT2D eigenvalue weighted by Gasteiger charge is -2.00. The van der Waals surface area contributed by atoms with Gasteiger partial charge in [0.1, 0.15) is 5.69 Å². The molecule has 4 heteroatoms. The van der Waals surface area contributed by atoms with Gasteiger partial charge in [-0.3, -0.25) is 9.48 Å². The molecule has 0 radical (unpaired) electrons. The molecule has 2 rings (SSSR count). The van der Waals surface area contributed by atoms with Crippen LogP contribution in [0, 0.1) is 0 Å². The van der Waals surface area contributed by atoms with E-state index in [0.717, 1.165) is 12.1 Å². The van der Waals surface area contributed by atoms with E-state index in [9.17, 15) is 4.79 Å². The first kappa shape index (κ1) is 10.7. The summed E-state index contributed by atoms with van der Waals surface area (Å²) in [6.07, 6.45) is 2.33. The SMILES string of the molecule is CCc1cc(C(=O)c2ccco2)n(CC)n1. The Kier molecular flexibility index (Phi) is 2.90. The molecule has 4 nitrogen and oxygen atoms in total. The quantitative estimate of drug-likeness (QED) is 0.740. The smallest absolute Gasteiger partial charge is 0.246 e.